The Balaban J connectivity index is 2.13. The quantitative estimate of drug-likeness (QED) is 0.726. The topological polar surface area (TPSA) is 36.4 Å². The van der Waals surface area contributed by atoms with E-state index in [4.69, 9.17) is 0 Å². The lowest BCUT2D eigenvalue weighted by atomic mass is 10.1. The average Bonchev–Trinajstić information content (AvgIpc) is 2.48. The van der Waals surface area contributed by atoms with Gasteiger partial charge in [-0.05, 0) is 18.6 Å². The number of aryl methyl sites for hydroxylation is 1. The Hall–Kier alpha value is -1.09. The van der Waals surface area contributed by atoms with Crippen molar-refractivity contribution >= 4 is 5.82 Å². The summed E-state index contributed by atoms with van der Waals surface area (Å²) in [7, 11) is 0. The Morgan fingerprint density at radius 1 is 1.43 bits per heavy atom. The molecule has 0 saturated carbocycles. The Kier molecular flexibility index (Phi) is 2.42. The van der Waals surface area contributed by atoms with Crippen molar-refractivity contribution in [2.75, 3.05) is 18.0 Å². The van der Waals surface area contributed by atoms with E-state index in [1.54, 1.807) is 0 Å². The largest absolute Gasteiger partial charge is 0.391 e. The molecule has 0 spiro atoms. The number of nitrogens with zero attached hydrogens (tertiary/aromatic N) is 2. The van der Waals surface area contributed by atoms with Gasteiger partial charge in [-0.3, -0.25) is 0 Å². The van der Waals surface area contributed by atoms with Crippen molar-refractivity contribution in [3.63, 3.8) is 0 Å². The summed E-state index contributed by atoms with van der Waals surface area (Å²) in [5.74, 6) is 1.32. The van der Waals surface area contributed by atoms with E-state index >= 15 is 0 Å². The molecule has 0 aliphatic carbocycles. The van der Waals surface area contributed by atoms with Crippen LogP contribution in [0.25, 0.3) is 0 Å². The molecule has 1 N–H and O–H groups in total. The van der Waals surface area contributed by atoms with Gasteiger partial charge in [0.05, 0.1) is 6.10 Å². The molecular formula is C11H16N2O. The van der Waals surface area contributed by atoms with Crippen LogP contribution < -0.4 is 4.90 Å². The highest BCUT2D eigenvalue weighted by Gasteiger charge is 2.28. The van der Waals surface area contributed by atoms with Crippen molar-refractivity contribution in [1.82, 2.24) is 4.98 Å². The number of aliphatic hydroxyl groups excluding tert-OH is 1. The molecular weight excluding hydrogens is 176 g/mol. The molecule has 2 rings (SSSR count). The number of hydrogen-bond acceptors (Lipinski definition) is 3. The maximum atomic E-state index is 9.61. The Bertz CT molecular complexity index is 300. The molecule has 1 aliphatic heterocycles. The monoisotopic (exact) mass is 192 g/mol. The lowest BCUT2D eigenvalue weighted by molar-refractivity contribution is 0.157. The number of β-amino-alcohol motifs (C(OH)–C–C–N with tert-alkyl or cyclic N) is 1. The first-order valence-corrected chi connectivity index (χ1v) is 5.02. The zero-order chi connectivity index (χ0) is 10.1. The lowest BCUT2D eigenvalue weighted by Crippen LogP contribution is -2.21. The number of hydrogen-bond donors (Lipinski definition) is 1. The number of rotatable bonds is 1. The van der Waals surface area contributed by atoms with Crippen LogP contribution in [0.4, 0.5) is 5.82 Å². The molecule has 1 aromatic heterocycles. The lowest BCUT2D eigenvalue weighted by Gasteiger charge is -2.16. The van der Waals surface area contributed by atoms with Crippen LogP contribution in [0.3, 0.4) is 0 Å². The van der Waals surface area contributed by atoms with E-state index in [0.717, 1.165) is 12.4 Å². The van der Waals surface area contributed by atoms with E-state index < -0.39 is 0 Å². The predicted octanol–water partition coefficient (Wildman–Crippen LogP) is 1.21. The zero-order valence-electron chi connectivity index (χ0n) is 8.64. The first-order chi connectivity index (χ1) is 6.66. The van der Waals surface area contributed by atoms with Crippen LogP contribution in [-0.2, 0) is 0 Å². The van der Waals surface area contributed by atoms with Crippen LogP contribution in [0.15, 0.2) is 18.3 Å². The fourth-order valence-corrected chi connectivity index (χ4v) is 1.78. The summed E-state index contributed by atoms with van der Waals surface area (Å²) in [5, 5.41) is 9.61. The summed E-state index contributed by atoms with van der Waals surface area (Å²) < 4.78 is 0. The minimum Gasteiger partial charge on any atom is -0.391 e. The summed E-state index contributed by atoms with van der Waals surface area (Å²) >= 11 is 0. The SMILES string of the molecule is Cc1ccc(N2CC(C)C(O)C2)nc1. The van der Waals surface area contributed by atoms with E-state index in [9.17, 15) is 5.11 Å². The molecule has 1 aromatic rings. The Morgan fingerprint density at radius 2 is 2.21 bits per heavy atom. The van der Waals surface area contributed by atoms with Crippen LogP contribution in [-0.4, -0.2) is 29.3 Å². The van der Waals surface area contributed by atoms with Gasteiger partial charge in [0.15, 0.2) is 0 Å². The van der Waals surface area contributed by atoms with E-state index in [1.165, 1.54) is 5.56 Å². The summed E-state index contributed by atoms with van der Waals surface area (Å²) in [6.07, 6.45) is 1.66. The van der Waals surface area contributed by atoms with E-state index in [2.05, 4.69) is 22.9 Å². The van der Waals surface area contributed by atoms with Crippen LogP contribution in [0.2, 0.25) is 0 Å². The van der Waals surface area contributed by atoms with Gasteiger partial charge in [-0.25, -0.2) is 4.98 Å². The third kappa shape index (κ3) is 1.73. The van der Waals surface area contributed by atoms with Gasteiger partial charge >= 0.3 is 0 Å². The predicted molar refractivity (Wildman–Crippen MR) is 56.4 cm³/mol. The minimum atomic E-state index is -0.210. The maximum absolute atomic E-state index is 9.61. The first-order valence-electron chi connectivity index (χ1n) is 5.02. The molecule has 0 amide bonds. The van der Waals surface area contributed by atoms with Crippen molar-refractivity contribution < 1.29 is 5.11 Å². The van der Waals surface area contributed by atoms with Crippen LogP contribution >= 0.6 is 0 Å². The van der Waals surface area contributed by atoms with Crippen molar-refractivity contribution in [3.8, 4) is 0 Å². The maximum Gasteiger partial charge on any atom is 0.128 e. The van der Waals surface area contributed by atoms with Gasteiger partial charge in [-0.15, -0.1) is 0 Å². The van der Waals surface area contributed by atoms with E-state index in [-0.39, 0.29) is 6.10 Å². The second-order valence-corrected chi connectivity index (χ2v) is 4.14. The fourth-order valence-electron chi connectivity index (χ4n) is 1.78. The molecule has 2 unspecified atom stereocenters. The van der Waals surface area contributed by atoms with Gasteiger partial charge in [0.2, 0.25) is 0 Å². The van der Waals surface area contributed by atoms with E-state index in [1.807, 2.05) is 19.2 Å². The normalized spacial score (nSPS) is 26.9. The summed E-state index contributed by atoms with van der Waals surface area (Å²) in [4.78, 5) is 6.48. The van der Waals surface area contributed by atoms with E-state index in [0.29, 0.717) is 12.5 Å². The molecule has 2 heterocycles. The highest BCUT2D eigenvalue weighted by Crippen LogP contribution is 2.21. The standard InChI is InChI=1S/C11H16N2O/c1-8-3-4-11(12-5-8)13-6-9(2)10(14)7-13/h3-5,9-10,14H,6-7H2,1-2H3. The van der Waals surface area contributed by atoms with Crippen LogP contribution in [0.1, 0.15) is 12.5 Å². The second-order valence-electron chi connectivity index (χ2n) is 4.14. The van der Waals surface area contributed by atoms with Crippen LogP contribution in [0, 0.1) is 12.8 Å². The summed E-state index contributed by atoms with van der Waals surface area (Å²) in [5.41, 5.74) is 1.17. The van der Waals surface area contributed by atoms with Crippen molar-refractivity contribution in [3.05, 3.63) is 23.9 Å². The third-order valence-electron chi connectivity index (χ3n) is 2.79. The number of anilines is 1. The molecule has 3 nitrogen and oxygen atoms in total. The molecule has 0 radical (unpaired) electrons. The molecule has 14 heavy (non-hydrogen) atoms. The highest BCUT2D eigenvalue weighted by atomic mass is 16.3. The summed E-state index contributed by atoms with van der Waals surface area (Å²) in [6, 6.07) is 4.07. The Morgan fingerprint density at radius 3 is 2.71 bits per heavy atom. The van der Waals surface area contributed by atoms with Gasteiger partial charge < -0.3 is 10.0 Å². The fraction of sp³-hybridized carbons (Fsp3) is 0.545. The van der Waals surface area contributed by atoms with Gasteiger partial charge in [-0.2, -0.15) is 0 Å². The van der Waals surface area contributed by atoms with Crippen molar-refractivity contribution in [1.29, 1.82) is 0 Å². The van der Waals surface area contributed by atoms with Gasteiger partial charge in [0.1, 0.15) is 5.82 Å². The smallest absolute Gasteiger partial charge is 0.128 e. The molecule has 76 valence electrons. The number of aliphatic hydroxyl groups is 1. The molecule has 1 fully saturated rings. The highest BCUT2D eigenvalue weighted by molar-refractivity contribution is 5.40. The van der Waals surface area contributed by atoms with Crippen molar-refractivity contribution in [2.45, 2.75) is 20.0 Å². The van der Waals surface area contributed by atoms with Gasteiger partial charge in [0.25, 0.3) is 0 Å². The first kappa shape index (κ1) is 9.46. The average molecular weight is 192 g/mol. The third-order valence-corrected chi connectivity index (χ3v) is 2.79. The number of aromatic nitrogens is 1. The minimum absolute atomic E-state index is 0.210. The van der Waals surface area contributed by atoms with Crippen LogP contribution in [0.5, 0.6) is 0 Å². The molecule has 0 aromatic carbocycles. The zero-order valence-corrected chi connectivity index (χ0v) is 8.64. The number of pyridine rings is 1. The van der Waals surface area contributed by atoms with Gasteiger partial charge in [0, 0.05) is 25.2 Å². The molecule has 1 aliphatic rings. The molecule has 2 atom stereocenters. The molecule has 1 saturated heterocycles. The summed E-state index contributed by atoms with van der Waals surface area (Å²) in [6.45, 7) is 5.70. The molecule has 3 heteroatoms. The molecule has 0 bridgehead atoms. The van der Waals surface area contributed by atoms with Gasteiger partial charge in [-0.1, -0.05) is 13.0 Å². The second kappa shape index (κ2) is 3.58. The van der Waals surface area contributed by atoms with Crippen molar-refractivity contribution in [2.24, 2.45) is 5.92 Å². The Labute approximate surface area is 84.4 Å².